The van der Waals surface area contributed by atoms with Crippen molar-refractivity contribution in [3.05, 3.63) is 57.7 Å². The van der Waals surface area contributed by atoms with E-state index in [2.05, 4.69) is 27.9 Å². The number of halogens is 1. The van der Waals surface area contributed by atoms with Crippen molar-refractivity contribution in [2.75, 3.05) is 18.5 Å². The Morgan fingerprint density at radius 1 is 1.09 bits per heavy atom. The van der Waals surface area contributed by atoms with Gasteiger partial charge in [-0.3, -0.25) is 4.79 Å². The fraction of sp³-hybridized carbons (Fsp3) is 0.176. The van der Waals surface area contributed by atoms with Crippen LogP contribution in [0.3, 0.4) is 0 Å². The third-order valence-electron chi connectivity index (χ3n) is 2.88. The number of carbonyl (C=O) groups is 2. The van der Waals surface area contributed by atoms with Gasteiger partial charge in [0.05, 0.1) is 17.9 Å². The molecule has 0 heterocycles. The van der Waals surface area contributed by atoms with Crippen molar-refractivity contribution in [1.82, 2.24) is 0 Å². The second kappa shape index (κ2) is 8.52. The first kappa shape index (κ1) is 17.3. The Morgan fingerprint density at radius 3 is 2.43 bits per heavy atom. The van der Waals surface area contributed by atoms with E-state index in [0.29, 0.717) is 17.9 Å². The minimum atomic E-state index is -0.379. The fourth-order valence-electron chi connectivity index (χ4n) is 1.80. The largest absolute Gasteiger partial charge is 0.484 e. The second-order valence-corrected chi connectivity index (χ2v) is 5.72. The molecule has 0 unspecified atom stereocenters. The zero-order valence-corrected chi connectivity index (χ0v) is 14.7. The Morgan fingerprint density at radius 2 is 1.78 bits per heavy atom. The predicted molar refractivity (Wildman–Crippen MR) is 95.7 cm³/mol. The third-order valence-corrected chi connectivity index (χ3v) is 3.82. The van der Waals surface area contributed by atoms with Gasteiger partial charge in [-0.05, 0) is 65.9 Å². The summed E-state index contributed by atoms with van der Waals surface area (Å²) >= 11 is 2.15. The molecule has 1 amide bonds. The molecule has 0 atom stereocenters. The van der Waals surface area contributed by atoms with Gasteiger partial charge in [0.2, 0.25) is 0 Å². The number of hydrogen-bond acceptors (Lipinski definition) is 4. The molecular formula is C17H16INO4. The minimum absolute atomic E-state index is 0.107. The first-order valence-electron chi connectivity index (χ1n) is 7.04. The molecule has 23 heavy (non-hydrogen) atoms. The molecule has 6 heteroatoms. The summed E-state index contributed by atoms with van der Waals surface area (Å²) in [5, 5.41) is 2.78. The van der Waals surface area contributed by atoms with Crippen molar-refractivity contribution < 1.29 is 19.1 Å². The van der Waals surface area contributed by atoms with E-state index in [1.807, 2.05) is 24.3 Å². The predicted octanol–water partition coefficient (Wildman–Crippen LogP) is 3.49. The number of amides is 1. The van der Waals surface area contributed by atoms with E-state index in [-0.39, 0.29) is 18.5 Å². The van der Waals surface area contributed by atoms with Crippen LogP contribution in [0.25, 0.3) is 0 Å². The molecule has 0 aliphatic carbocycles. The first-order chi connectivity index (χ1) is 11.1. The summed E-state index contributed by atoms with van der Waals surface area (Å²) in [6.07, 6.45) is 0. The highest BCUT2D eigenvalue weighted by atomic mass is 127. The molecule has 0 saturated heterocycles. The maximum absolute atomic E-state index is 11.9. The van der Waals surface area contributed by atoms with E-state index >= 15 is 0 Å². The van der Waals surface area contributed by atoms with Gasteiger partial charge in [-0.2, -0.15) is 0 Å². The van der Waals surface area contributed by atoms with Crippen LogP contribution in [-0.4, -0.2) is 25.1 Å². The number of anilines is 1. The number of ether oxygens (including phenoxy) is 2. The van der Waals surface area contributed by atoms with Gasteiger partial charge in [-0.15, -0.1) is 0 Å². The molecule has 0 spiro atoms. The maximum atomic E-state index is 11.9. The van der Waals surface area contributed by atoms with Crippen molar-refractivity contribution in [3.8, 4) is 5.75 Å². The van der Waals surface area contributed by atoms with E-state index in [4.69, 9.17) is 9.47 Å². The van der Waals surface area contributed by atoms with Crippen LogP contribution in [-0.2, 0) is 9.53 Å². The Bertz CT molecular complexity index is 685. The van der Waals surface area contributed by atoms with E-state index < -0.39 is 0 Å². The van der Waals surface area contributed by atoms with Crippen molar-refractivity contribution >= 4 is 40.2 Å². The summed E-state index contributed by atoms with van der Waals surface area (Å²) in [5.41, 5.74) is 1.20. The summed E-state index contributed by atoms with van der Waals surface area (Å²) in [7, 11) is 0. The SMILES string of the molecule is CCOC(=O)c1ccc(OCC(=O)Nc2ccccc2I)cc1. The monoisotopic (exact) mass is 425 g/mol. The summed E-state index contributed by atoms with van der Waals surface area (Å²) in [5.74, 6) is -0.116. The normalized spacial score (nSPS) is 10.0. The van der Waals surface area contributed by atoms with Crippen LogP contribution in [0.1, 0.15) is 17.3 Å². The molecule has 120 valence electrons. The average Bonchev–Trinajstić information content (AvgIpc) is 2.56. The van der Waals surface area contributed by atoms with Crippen LogP contribution in [0.15, 0.2) is 48.5 Å². The average molecular weight is 425 g/mol. The highest BCUT2D eigenvalue weighted by Gasteiger charge is 2.08. The van der Waals surface area contributed by atoms with Gasteiger partial charge in [-0.25, -0.2) is 4.79 Å². The Hall–Kier alpha value is -2.09. The van der Waals surface area contributed by atoms with Gasteiger partial charge < -0.3 is 14.8 Å². The lowest BCUT2D eigenvalue weighted by molar-refractivity contribution is -0.118. The fourth-order valence-corrected chi connectivity index (χ4v) is 2.32. The molecule has 0 aliphatic heterocycles. The zero-order valence-electron chi connectivity index (χ0n) is 12.5. The Kier molecular flexibility index (Phi) is 6.40. The molecule has 0 saturated carbocycles. The first-order valence-corrected chi connectivity index (χ1v) is 8.12. The molecule has 2 aromatic carbocycles. The summed E-state index contributed by atoms with van der Waals surface area (Å²) < 4.78 is 11.3. The van der Waals surface area contributed by atoms with Gasteiger partial charge >= 0.3 is 5.97 Å². The molecule has 0 fully saturated rings. The van der Waals surface area contributed by atoms with Crippen LogP contribution in [0, 0.1) is 3.57 Å². The number of hydrogen-bond donors (Lipinski definition) is 1. The molecule has 5 nitrogen and oxygen atoms in total. The van der Waals surface area contributed by atoms with Crippen LogP contribution in [0.4, 0.5) is 5.69 Å². The third kappa shape index (κ3) is 5.24. The number of nitrogens with one attached hydrogen (secondary N) is 1. The zero-order chi connectivity index (χ0) is 16.7. The van der Waals surface area contributed by atoms with Crippen LogP contribution in [0.5, 0.6) is 5.75 Å². The van der Waals surface area contributed by atoms with E-state index in [0.717, 1.165) is 9.26 Å². The molecule has 0 aliphatic rings. The van der Waals surface area contributed by atoms with Gasteiger partial charge in [0.15, 0.2) is 6.61 Å². The number of rotatable bonds is 6. The Balaban J connectivity index is 1.87. The van der Waals surface area contributed by atoms with Crippen molar-refractivity contribution in [2.24, 2.45) is 0 Å². The van der Waals surface area contributed by atoms with Gasteiger partial charge in [0.1, 0.15) is 5.75 Å². The topological polar surface area (TPSA) is 64.6 Å². The Labute approximate surface area is 148 Å². The smallest absolute Gasteiger partial charge is 0.338 e. The molecule has 0 aromatic heterocycles. The molecular weight excluding hydrogens is 409 g/mol. The van der Waals surface area contributed by atoms with E-state index in [1.165, 1.54) is 0 Å². The number of para-hydroxylation sites is 1. The van der Waals surface area contributed by atoms with Gasteiger partial charge in [0.25, 0.3) is 5.91 Å². The van der Waals surface area contributed by atoms with Crippen LogP contribution in [0.2, 0.25) is 0 Å². The van der Waals surface area contributed by atoms with E-state index in [1.54, 1.807) is 31.2 Å². The van der Waals surface area contributed by atoms with Gasteiger partial charge in [-0.1, -0.05) is 12.1 Å². The number of esters is 1. The van der Waals surface area contributed by atoms with Crippen molar-refractivity contribution in [1.29, 1.82) is 0 Å². The van der Waals surface area contributed by atoms with Crippen molar-refractivity contribution in [2.45, 2.75) is 6.92 Å². The summed E-state index contributed by atoms with van der Waals surface area (Å²) in [6.45, 7) is 1.97. The number of carbonyl (C=O) groups excluding carboxylic acids is 2. The molecule has 2 rings (SSSR count). The summed E-state index contributed by atoms with van der Waals surface area (Å²) in [6, 6.07) is 14.0. The van der Waals surface area contributed by atoms with Crippen LogP contribution >= 0.6 is 22.6 Å². The molecule has 1 N–H and O–H groups in total. The number of benzene rings is 2. The maximum Gasteiger partial charge on any atom is 0.338 e. The highest BCUT2D eigenvalue weighted by Crippen LogP contribution is 2.17. The lowest BCUT2D eigenvalue weighted by Gasteiger charge is -2.09. The van der Waals surface area contributed by atoms with Crippen molar-refractivity contribution in [3.63, 3.8) is 0 Å². The molecule has 0 radical (unpaired) electrons. The van der Waals surface area contributed by atoms with Gasteiger partial charge in [0, 0.05) is 3.57 Å². The second-order valence-electron chi connectivity index (χ2n) is 4.56. The van der Waals surface area contributed by atoms with E-state index in [9.17, 15) is 9.59 Å². The molecule has 0 bridgehead atoms. The highest BCUT2D eigenvalue weighted by molar-refractivity contribution is 14.1. The lowest BCUT2D eigenvalue weighted by atomic mass is 10.2. The molecule has 2 aromatic rings. The lowest BCUT2D eigenvalue weighted by Crippen LogP contribution is -2.20. The quantitative estimate of drug-likeness (QED) is 0.569. The standard InChI is InChI=1S/C17H16INO4/c1-2-22-17(21)12-7-9-13(10-8-12)23-11-16(20)19-15-6-4-3-5-14(15)18/h3-10H,2,11H2,1H3,(H,19,20). The minimum Gasteiger partial charge on any atom is -0.484 e. The summed E-state index contributed by atoms with van der Waals surface area (Å²) in [4.78, 5) is 23.4. The van der Waals surface area contributed by atoms with Crippen LogP contribution < -0.4 is 10.1 Å².